The molecule has 118 valence electrons. The number of ether oxygens (including phenoxy) is 2. The molecule has 0 aromatic carbocycles. The summed E-state index contributed by atoms with van der Waals surface area (Å²) in [5.74, 6) is -0.858. The molecule has 0 aliphatic carbocycles. The van der Waals surface area contributed by atoms with Crippen LogP contribution in [0.2, 0.25) is 0 Å². The smallest absolute Gasteiger partial charge is 0.323 e. The van der Waals surface area contributed by atoms with Crippen molar-refractivity contribution in [2.24, 2.45) is 11.3 Å². The number of hydrogen-bond acceptors (Lipinski definition) is 6. The SMILES string of the molecule is CCOC(=O)C(Cc1cncs1)(CC(C)C)C(=O)OCC. The van der Waals surface area contributed by atoms with Crippen molar-refractivity contribution in [2.75, 3.05) is 13.2 Å². The third-order valence-corrected chi connectivity index (χ3v) is 3.83. The van der Waals surface area contributed by atoms with Crippen LogP contribution in [0.15, 0.2) is 11.7 Å². The molecule has 5 nitrogen and oxygen atoms in total. The van der Waals surface area contributed by atoms with Crippen LogP contribution in [0.25, 0.3) is 0 Å². The molecular weight excluding hydrogens is 290 g/mol. The van der Waals surface area contributed by atoms with Crippen molar-refractivity contribution in [3.05, 3.63) is 16.6 Å². The highest BCUT2D eigenvalue weighted by Crippen LogP contribution is 2.35. The second kappa shape index (κ2) is 8.12. The lowest BCUT2D eigenvalue weighted by molar-refractivity contribution is -0.173. The number of carbonyl (C=O) groups excluding carboxylic acids is 2. The van der Waals surface area contributed by atoms with Gasteiger partial charge in [0.05, 0.1) is 18.7 Å². The molecule has 0 N–H and O–H groups in total. The Morgan fingerprint density at radius 2 is 1.81 bits per heavy atom. The predicted molar refractivity (Wildman–Crippen MR) is 81.0 cm³/mol. The molecule has 0 unspecified atom stereocenters. The molecule has 0 atom stereocenters. The monoisotopic (exact) mass is 313 g/mol. The molecule has 0 bridgehead atoms. The molecule has 0 spiro atoms. The number of carbonyl (C=O) groups is 2. The number of nitrogens with zero attached hydrogens (tertiary/aromatic N) is 1. The molecule has 0 radical (unpaired) electrons. The van der Waals surface area contributed by atoms with Gasteiger partial charge in [0.1, 0.15) is 0 Å². The maximum atomic E-state index is 12.5. The number of esters is 2. The molecule has 0 amide bonds. The van der Waals surface area contributed by atoms with Gasteiger partial charge in [0.15, 0.2) is 5.41 Å². The molecule has 0 saturated carbocycles. The Balaban J connectivity index is 3.18. The highest BCUT2D eigenvalue weighted by atomic mass is 32.1. The summed E-state index contributed by atoms with van der Waals surface area (Å²) in [6.45, 7) is 7.88. The number of thiazole rings is 1. The summed E-state index contributed by atoms with van der Waals surface area (Å²) in [5.41, 5.74) is 0.401. The van der Waals surface area contributed by atoms with Gasteiger partial charge < -0.3 is 9.47 Å². The third-order valence-electron chi connectivity index (χ3n) is 3.05. The van der Waals surface area contributed by atoms with E-state index in [2.05, 4.69) is 4.98 Å². The van der Waals surface area contributed by atoms with Gasteiger partial charge in [-0.1, -0.05) is 13.8 Å². The molecular formula is C15H23NO4S. The largest absolute Gasteiger partial charge is 0.465 e. The van der Waals surface area contributed by atoms with E-state index in [4.69, 9.17) is 9.47 Å². The Kier molecular flexibility index (Phi) is 6.81. The lowest BCUT2D eigenvalue weighted by Crippen LogP contribution is -2.45. The average Bonchev–Trinajstić information content (AvgIpc) is 2.90. The van der Waals surface area contributed by atoms with E-state index in [-0.39, 0.29) is 25.6 Å². The summed E-state index contributed by atoms with van der Waals surface area (Å²) >= 11 is 1.42. The van der Waals surface area contributed by atoms with E-state index in [9.17, 15) is 9.59 Å². The quantitative estimate of drug-likeness (QED) is 0.545. The first-order valence-corrected chi connectivity index (χ1v) is 8.06. The topological polar surface area (TPSA) is 65.5 Å². The van der Waals surface area contributed by atoms with Crippen LogP contribution < -0.4 is 0 Å². The van der Waals surface area contributed by atoms with Gasteiger partial charge in [-0.2, -0.15) is 0 Å². The molecule has 0 aliphatic rings. The van der Waals surface area contributed by atoms with E-state index < -0.39 is 17.4 Å². The zero-order valence-corrected chi connectivity index (χ0v) is 13.9. The summed E-state index contributed by atoms with van der Waals surface area (Å²) in [5, 5.41) is 0. The van der Waals surface area contributed by atoms with Gasteiger partial charge in [-0.05, 0) is 26.2 Å². The fraction of sp³-hybridized carbons (Fsp3) is 0.667. The zero-order valence-electron chi connectivity index (χ0n) is 13.0. The lowest BCUT2D eigenvalue weighted by Gasteiger charge is -2.30. The Morgan fingerprint density at radius 1 is 1.24 bits per heavy atom. The third kappa shape index (κ3) is 4.52. The van der Waals surface area contributed by atoms with Gasteiger partial charge in [0, 0.05) is 17.5 Å². The Labute approximate surface area is 129 Å². The maximum Gasteiger partial charge on any atom is 0.323 e. The summed E-state index contributed by atoms with van der Waals surface area (Å²) < 4.78 is 10.3. The summed E-state index contributed by atoms with van der Waals surface area (Å²) in [7, 11) is 0. The minimum absolute atomic E-state index is 0.159. The molecule has 0 saturated heterocycles. The van der Waals surface area contributed by atoms with Gasteiger partial charge in [-0.3, -0.25) is 14.6 Å². The summed E-state index contributed by atoms with van der Waals surface area (Å²) in [4.78, 5) is 29.9. The van der Waals surface area contributed by atoms with Crippen LogP contribution in [0, 0.1) is 11.3 Å². The number of rotatable bonds is 8. The Morgan fingerprint density at radius 3 is 2.19 bits per heavy atom. The van der Waals surface area contributed by atoms with E-state index in [1.54, 1.807) is 25.6 Å². The first-order valence-electron chi connectivity index (χ1n) is 7.18. The van der Waals surface area contributed by atoms with Gasteiger partial charge in [-0.25, -0.2) is 0 Å². The zero-order chi connectivity index (χ0) is 15.9. The summed E-state index contributed by atoms with van der Waals surface area (Å²) in [6.07, 6.45) is 2.34. The minimum Gasteiger partial charge on any atom is -0.465 e. The van der Waals surface area contributed by atoms with Crippen LogP contribution in [-0.4, -0.2) is 30.1 Å². The Hall–Kier alpha value is -1.43. The van der Waals surface area contributed by atoms with Gasteiger partial charge >= 0.3 is 11.9 Å². The van der Waals surface area contributed by atoms with E-state index >= 15 is 0 Å². The highest BCUT2D eigenvalue weighted by Gasteiger charge is 2.49. The van der Waals surface area contributed by atoms with Crippen LogP contribution in [-0.2, 0) is 25.5 Å². The molecule has 21 heavy (non-hydrogen) atoms. The first-order chi connectivity index (χ1) is 9.96. The molecule has 1 rings (SSSR count). The standard InChI is InChI=1S/C15H23NO4S/c1-5-19-13(17)15(7-11(3)4,14(18)20-6-2)8-12-9-16-10-21-12/h9-11H,5-8H2,1-4H3. The van der Waals surface area contributed by atoms with Crippen molar-refractivity contribution < 1.29 is 19.1 Å². The molecule has 6 heteroatoms. The number of aromatic nitrogens is 1. The molecule has 1 aromatic rings. The fourth-order valence-electron chi connectivity index (χ4n) is 2.33. The fourth-order valence-corrected chi connectivity index (χ4v) is 3.04. The van der Waals surface area contributed by atoms with Crippen LogP contribution >= 0.6 is 11.3 Å². The maximum absolute atomic E-state index is 12.5. The van der Waals surface area contributed by atoms with E-state index in [1.807, 2.05) is 13.8 Å². The lowest BCUT2D eigenvalue weighted by atomic mass is 9.77. The normalized spacial score (nSPS) is 11.5. The van der Waals surface area contributed by atoms with Gasteiger partial charge in [-0.15, -0.1) is 11.3 Å². The van der Waals surface area contributed by atoms with Crippen molar-refractivity contribution in [3.63, 3.8) is 0 Å². The molecule has 0 fully saturated rings. The van der Waals surface area contributed by atoms with Crippen molar-refractivity contribution in [1.29, 1.82) is 0 Å². The van der Waals surface area contributed by atoms with E-state index in [1.165, 1.54) is 11.3 Å². The Bertz CT molecular complexity index is 438. The van der Waals surface area contributed by atoms with Crippen molar-refractivity contribution >= 4 is 23.3 Å². The van der Waals surface area contributed by atoms with Crippen LogP contribution in [0.3, 0.4) is 0 Å². The van der Waals surface area contributed by atoms with Crippen LogP contribution in [0.4, 0.5) is 0 Å². The van der Waals surface area contributed by atoms with Gasteiger partial charge in [0.2, 0.25) is 0 Å². The molecule has 1 heterocycles. The van der Waals surface area contributed by atoms with E-state index in [0.717, 1.165) is 4.88 Å². The summed E-state index contributed by atoms with van der Waals surface area (Å²) in [6, 6.07) is 0. The average molecular weight is 313 g/mol. The van der Waals surface area contributed by atoms with E-state index in [0.29, 0.717) is 6.42 Å². The number of hydrogen-bond donors (Lipinski definition) is 0. The van der Waals surface area contributed by atoms with Crippen molar-refractivity contribution in [2.45, 2.75) is 40.5 Å². The van der Waals surface area contributed by atoms with Crippen molar-refractivity contribution in [3.8, 4) is 0 Å². The molecule has 1 aromatic heterocycles. The highest BCUT2D eigenvalue weighted by molar-refractivity contribution is 7.09. The first kappa shape index (κ1) is 17.6. The molecule has 0 aliphatic heterocycles. The van der Waals surface area contributed by atoms with Crippen LogP contribution in [0.5, 0.6) is 0 Å². The van der Waals surface area contributed by atoms with Crippen molar-refractivity contribution in [1.82, 2.24) is 4.98 Å². The predicted octanol–water partition coefficient (Wildman–Crippen LogP) is 2.84. The second-order valence-electron chi connectivity index (χ2n) is 5.27. The minimum atomic E-state index is -1.28. The van der Waals surface area contributed by atoms with Crippen LogP contribution in [0.1, 0.15) is 39.0 Å². The van der Waals surface area contributed by atoms with Gasteiger partial charge in [0.25, 0.3) is 0 Å². The second-order valence-corrected chi connectivity index (χ2v) is 6.24.